The molecule has 0 saturated heterocycles. The van der Waals surface area contributed by atoms with E-state index in [1.54, 1.807) is 19.4 Å². The zero-order chi connectivity index (χ0) is 14.1. The number of nitrogens with one attached hydrogen (secondary N) is 1. The lowest BCUT2D eigenvalue weighted by Gasteiger charge is -2.17. The van der Waals surface area contributed by atoms with Crippen LogP contribution in [-0.2, 0) is 0 Å². The second-order valence-corrected chi connectivity index (χ2v) is 4.75. The van der Waals surface area contributed by atoms with Crippen LogP contribution in [0.25, 0.3) is 11.1 Å². The molecule has 106 valence electrons. The second-order valence-electron chi connectivity index (χ2n) is 4.34. The standard InChI is InChI=1S/C13H14ClN3O3/c1-18-11-8(14)5-9-12(20-4-2-3-19-9)10(11)7-6-16-17-13(7)15/h5-6H,2-4H2,1H3,(H3,15,16,17). The first-order chi connectivity index (χ1) is 9.72. The Morgan fingerprint density at radius 3 is 2.90 bits per heavy atom. The molecule has 0 saturated carbocycles. The number of nitrogens with zero attached hydrogens (tertiary/aromatic N) is 1. The normalized spacial score (nSPS) is 13.9. The van der Waals surface area contributed by atoms with Gasteiger partial charge in [-0.1, -0.05) is 11.6 Å². The molecule has 20 heavy (non-hydrogen) atoms. The summed E-state index contributed by atoms with van der Waals surface area (Å²) in [5.74, 6) is 2.07. The number of nitrogen functional groups attached to an aromatic ring is 1. The Bertz CT molecular complexity index is 642. The fourth-order valence-electron chi connectivity index (χ4n) is 2.20. The number of aromatic nitrogens is 2. The molecule has 0 amide bonds. The third-order valence-corrected chi connectivity index (χ3v) is 3.37. The highest BCUT2D eigenvalue weighted by Crippen LogP contribution is 2.50. The molecule has 0 radical (unpaired) electrons. The Hall–Kier alpha value is -2.08. The van der Waals surface area contributed by atoms with Crippen molar-refractivity contribution in [3.63, 3.8) is 0 Å². The third kappa shape index (κ3) is 2.02. The summed E-state index contributed by atoms with van der Waals surface area (Å²) in [5.41, 5.74) is 7.23. The Kier molecular flexibility index (Phi) is 3.31. The first-order valence-corrected chi connectivity index (χ1v) is 6.55. The van der Waals surface area contributed by atoms with E-state index in [0.717, 1.165) is 6.42 Å². The van der Waals surface area contributed by atoms with Crippen molar-refractivity contribution >= 4 is 17.4 Å². The number of hydrogen-bond donors (Lipinski definition) is 2. The summed E-state index contributed by atoms with van der Waals surface area (Å²) in [5, 5.41) is 7.06. The molecule has 1 aliphatic heterocycles. The summed E-state index contributed by atoms with van der Waals surface area (Å²) >= 11 is 6.26. The molecule has 0 spiro atoms. The van der Waals surface area contributed by atoms with E-state index in [1.165, 1.54) is 0 Å². The summed E-state index contributed by atoms with van der Waals surface area (Å²) < 4.78 is 16.9. The van der Waals surface area contributed by atoms with Gasteiger partial charge in [-0.15, -0.1) is 0 Å². The quantitative estimate of drug-likeness (QED) is 0.889. The van der Waals surface area contributed by atoms with E-state index in [9.17, 15) is 0 Å². The number of halogens is 1. The van der Waals surface area contributed by atoms with Crippen molar-refractivity contribution in [2.75, 3.05) is 26.1 Å². The third-order valence-electron chi connectivity index (χ3n) is 3.09. The second kappa shape index (κ2) is 5.13. The summed E-state index contributed by atoms with van der Waals surface area (Å²) in [6, 6.07) is 1.70. The lowest BCUT2D eigenvalue weighted by molar-refractivity contribution is 0.297. The monoisotopic (exact) mass is 295 g/mol. The van der Waals surface area contributed by atoms with Crippen molar-refractivity contribution in [3.05, 3.63) is 17.3 Å². The smallest absolute Gasteiger partial charge is 0.173 e. The predicted molar refractivity (Wildman–Crippen MR) is 75.6 cm³/mol. The molecule has 7 heteroatoms. The Morgan fingerprint density at radius 1 is 1.40 bits per heavy atom. The Labute approximate surface area is 120 Å². The molecular weight excluding hydrogens is 282 g/mol. The minimum absolute atomic E-state index is 0.417. The van der Waals surface area contributed by atoms with Crippen LogP contribution in [0.5, 0.6) is 17.2 Å². The molecule has 2 heterocycles. The first kappa shape index (κ1) is 12.9. The SMILES string of the molecule is COc1c(Cl)cc2c(c1-c1cn[nH]c1N)OCCCO2. The molecule has 6 nitrogen and oxygen atoms in total. The van der Waals surface area contributed by atoms with E-state index in [0.29, 0.717) is 52.4 Å². The van der Waals surface area contributed by atoms with E-state index < -0.39 is 0 Å². The van der Waals surface area contributed by atoms with Crippen LogP contribution in [0.15, 0.2) is 12.3 Å². The molecule has 1 aromatic carbocycles. The molecule has 0 atom stereocenters. The number of methoxy groups -OCH3 is 1. The van der Waals surface area contributed by atoms with Crippen LogP contribution < -0.4 is 19.9 Å². The molecular formula is C13H14ClN3O3. The number of fused-ring (bicyclic) bond motifs is 1. The number of benzene rings is 1. The summed E-state index contributed by atoms with van der Waals surface area (Å²) in [6.45, 7) is 1.14. The number of aromatic amines is 1. The molecule has 1 aliphatic rings. The molecule has 0 fully saturated rings. The van der Waals surface area contributed by atoms with Crippen molar-refractivity contribution < 1.29 is 14.2 Å². The van der Waals surface area contributed by atoms with Crippen molar-refractivity contribution in [1.82, 2.24) is 10.2 Å². The number of ether oxygens (including phenoxy) is 3. The van der Waals surface area contributed by atoms with Crippen LogP contribution in [0.1, 0.15) is 6.42 Å². The molecule has 0 aliphatic carbocycles. The zero-order valence-corrected chi connectivity index (χ0v) is 11.7. The number of anilines is 1. The molecule has 3 rings (SSSR count). The first-order valence-electron chi connectivity index (χ1n) is 6.17. The van der Waals surface area contributed by atoms with Crippen LogP contribution >= 0.6 is 11.6 Å². The largest absolute Gasteiger partial charge is 0.494 e. The summed E-state index contributed by atoms with van der Waals surface area (Å²) in [4.78, 5) is 0. The van der Waals surface area contributed by atoms with Gasteiger partial charge in [0.2, 0.25) is 0 Å². The van der Waals surface area contributed by atoms with Gasteiger partial charge in [0.05, 0.1) is 42.7 Å². The zero-order valence-electron chi connectivity index (χ0n) is 10.9. The fourth-order valence-corrected chi connectivity index (χ4v) is 2.47. The number of H-pyrrole nitrogens is 1. The van der Waals surface area contributed by atoms with Gasteiger partial charge in [0.15, 0.2) is 11.5 Å². The van der Waals surface area contributed by atoms with E-state index >= 15 is 0 Å². The number of nitrogens with two attached hydrogens (primary N) is 1. The van der Waals surface area contributed by atoms with Gasteiger partial charge in [0, 0.05) is 12.5 Å². The van der Waals surface area contributed by atoms with Gasteiger partial charge in [-0.2, -0.15) is 5.10 Å². The van der Waals surface area contributed by atoms with Crippen molar-refractivity contribution in [3.8, 4) is 28.4 Å². The highest BCUT2D eigenvalue weighted by Gasteiger charge is 2.25. The maximum Gasteiger partial charge on any atom is 0.173 e. The predicted octanol–water partition coefficient (Wildman–Crippen LogP) is 2.48. The topological polar surface area (TPSA) is 82.4 Å². The van der Waals surface area contributed by atoms with E-state index in [4.69, 9.17) is 31.5 Å². The van der Waals surface area contributed by atoms with Gasteiger partial charge in [-0.05, 0) is 0 Å². The van der Waals surface area contributed by atoms with Crippen LogP contribution in [-0.4, -0.2) is 30.5 Å². The minimum Gasteiger partial charge on any atom is -0.494 e. The molecule has 0 bridgehead atoms. The Balaban J connectivity index is 2.29. The average Bonchev–Trinajstić information content (AvgIpc) is 2.71. The van der Waals surface area contributed by atoms with Gasteiger partial charge < -0.3 is 19.9 Å². The molecule has 3 N–H and O–H groups in total. The minimum atomic E-state index is 0.417. The maximum absolute atomic E-state index is 6.26. The van der Waals surface area contributed by atoms with Gasteiger partial charge in [-0.25, -0.2) is 0 Å². The van der Waals surface area contributed by atoms with Gasteiger partial charge in [0.25, 0.3) is 0 Å². The molecule has 1 aromatic heterocycles. The van der Waals surface area contributed by atoms with Gasteiger partial charge in [0.1, 0.15) is 11.6 Å². The van der Waals surface area contributed by atoms with Crippen molar-refractivity contribution in [2.24, 2.45) is 0 Å². The van der Waals surface area contributed by atoms with Crippen molar-refractivity contribution in [1.29, 1.82) is 0 Å². The lowest BCUT2D eigenvalue weighted by Crippen LogP contribution is -1.99. The van der Waals surface area contributed by atoms with Crippen LogP contribution in [0.3, 0.4) is 0 Å². The van der Waals surface area contributed by atoms with Crippen molar-refractivity contribution in [2.45, 2.75) is 6.42 Å². The van der Waals surface area contributed by atoms with E-state index in [-0.39, 0.29) is 0 Å². The van der Waals surface area contributed by atoms with Crippen LogP contribution in [0.4, 0.5) is 5.82 Å². The van der Waals surface area contributed by atoms with Crippen LogP contribution in [0.2, 0.25) is 5.02 Å². The molecule has 0 unspecified atom stereocenters. The highest BCUT2D eigenvalue weighted by atomic mass is 35.5. The average molecular weight is 296 g/mol. The van der Waals surface area contributed by atoms with Gasteiger partial charge in [-0.3, -0.25) is 5.10 Å². The lowest BCUT2D eigenvalue weighted by atomic mass is 10.1. The Morgan fingerprint density at radius 2 is 2.20 bits per heavy atom. The van der Waals surface area contributed by atoms with Gasteiger partial charge >= 0.3 is 0 Å². The fraction of sp³-hybridized carbons (Fsp3) is 0.308. The summed E-state index contributed by atoms with van der Waals surface area (Å²) in [6.07, 6.45) is 2.41. The number of hydrogen-bond acceptors (Lipinski definition) is 5. The van der Waals surface area contributed by atoms with E-state index in [2.05, 4.69) is 10.2 Å². The van der Waals surface area contributed by atoms with E-state index in [1.807, 2.05) is 0 Å². The number of rotatable bonds is 2. The summed E-state index contributed by atoms with van der Waals surface area (Å²) in [7, 11) is 1.55. The maximum atomic E-state index is 6.26. The molecule has 2 aromatic rings. The highest BCUT2D eigenvalue weighted by molar-refractivity contribution is 6.33. The van der Waals surface area contributed by atoms with Crippen LogP contribution in [0, 0.1) is 0 Å².